The smallest absolute Gasteiger partial charge is 0.191 e. The molecule has 0 aliphatic rings. The highest BCUT2D eigenvalue weighted by atomic mass is 127. The number of benzene rings is 1. The lowest BCUT2D eigenvalue weighted by Gasteiger charge is -2.15. The Bertz CT molecular complexity index is 596. The van der Waals surface area contributed by atoms with Crippen LogP contribution in [0.25, 0.3) is 0 Å². The van der Waals surface area contributed by atoms with Gasteiger partial charge in [-0.2, -0.15) is 11.3 Å². The van der Waals surface area contributed by atoms with Gasteiger partial charge in [-0.15, -0.1) is 24.0 Å². The summed E-state index contributed by atoms with van der Waals surface area (Å²) < 4.78 is 0. The number of nitrogens with one attached hydrogen (secondary N) is 2. The molecule has 0 saturated heterocycles. The van der Waals surface area contributed by atoms with Crippen molar-refractivity contribution in [2.45, 2.75) is 26.2 Å². The molecule has 0 aliphatic heterocycles. The summed E-state index contributed by atoms with van der Waals surface area (Å²) in [7, 11) is 1.82. The van der Waals surface area contributed by atoms with Gasteiger partial charge in [0.2, 0.25) is 0 Å². The number of aliphatic imine (C=N–C) groups is 1. The molecule has 1 unspecified atom stereocenters. The van der Waals surface area contributed by atoms with Gasteiger partial charge in [0.15, 0.2) is 5.96 Å². The first-order chi connectivity index (χ1) is 10.7. The number of thiophene rings is 1. The first kappa shape index (κ1) is 20.0. The Hall–Kier alpha value is -1.08. The fourth-order valence-corrected chi connectivity index (χ4v) is 3.12. The standard InChI is InChI=1S/C18H25N3S.HI/c1-14-5-4-6-16(11-14)7-9-20-18(19-3)21-12-15(2)17-8-10-22-13-17;/h4-6,8,10-11,13,15H,7,9,12H2,1-3H3,(H2,19,20,21);1H. The number of rotatable bonds is 6. The number of halogens is 1. The van der Waals surface area contributed by atoms with E-state index < -0.39 is 0 Å². The lowest BCUT2D eigenvalue weighted by atomic mass is 10.1. The molecular formula is C18H26IN3S. The number of nitrogens with zero attached hydrogens (tertiary/aromatic N) is 1. The third kappa shape index (κ3) is 6.91. The topological polar surface area (TPSA) is 36.4 Å². The van der Waals surface area contributed by atoms with Crippen molar-refractivity contribution in [2.24, 2.45) is 4.99 Å². The molecule has 0 radical (unpaired) electrons. The molecule has 2 N–H and O–H groups in total. The van der Waals surface area contributed by atoms with Crippen LogP contribution in [0.1, 0.15) is 29.5 Å². The van der Waals surface area contributed by atoms with Crippen LogP contribution in [-0.2, 0) is 6.42 Å². The van der Waals surface area contributed by atoms with Gasteiger partial charge in [0.25, 0.3) is 0 Å². The third-order valence-corrected chi connectivity index (χ3v) is 4.40. The zero-order valence-corrected chi connectivity index (χ0v) is 17.2. The van der Waals surface area contributed by atoms with Crippen LogP contribution in [0.2, 0.25) is 0 Å². The van der Waals surface area contributed by atoms with Crippen molar-refractivity contribution in [3.8, 4) is 0 Å². The molecule has 1 aromatic heterocycles. The van der Waals surface area contributed by atoms with Crippen molar-refractivity contribution in [3.63, 3.8) is 0 Å². The molecule has 1 aromatic carbocycles. The summed E-state index contributed by atoms with van der Waals surface area (Å²) in [4.78, 5) is 4.29. The Morgan fingerprint density at radius 2 is 2.09 bits per heavy atom. The summed E-state index contributed by atoms with van der Waals surface area (Å²) in [5, 5.41) is 11.1. The minimum atomic E-state index is 0. The van der Waals surface area contributed by atoms with E-state index in [9.17, 15) is 0 Å². The molecule has 0 fully saturated rings. The Balaban J connectivity index is 0.00000264. The van der Waals surface area contributed by atoms with E-state index in [1.165, 1.54) is 16.7 Å². The normalized spacial score (nSPS) is 12.4. The predicted octanol–water partition coefficient (Wildman–Crippen LogP) is 4.19. The monoisotopic (exact) mass is 443 g/mol. The SMILES string of the molecule is CN=C(NCCc1cccc(C)c1)NCC(C)c1ccsc1.I. The maximum absolute atomic E-state index is 4.29. The molecule has 5 heteroatoms. The number of hydrogen-bond acceptors (Lipinski definition) is 2. The van der Waals surface area contributed by atoms with E-state index in [4.69, 9.17) is 0 Å². The molecule has 0 saturated carbocycles. The second-order valence-corrected chi connectivity index (χ2v) is 6.36. The summed E-state index contributed by atoms with van der Waals surface area (Å²) in [6, 6.07) is 10.8. The molecule has 1 heterocycles. The van der Waals surface area contributed by atoms with Gasteiger partial charge >= 0.3 is 0 Å². The van der Waals surface area contributed by atoms with E-state index in [2.05, 4.69) is 70.6 Å². The number of hydrogen-bond donors (Lipinski definition) is 2. The van der Waals surface area contributed by atoms with Crippen LogP contribution >= 0.6 is 35.3 Å². The summed E-state index contributed by atoms with van der Waals surface area (Å²) in [6.45, 7) is 6.13. The van der Waals surface area contributed by atoms with Crippen molar-refractivity contribution >= 4 is 41.3 Å². The quantitative estimate of drug-likeness (QED) is 0.399. The second-order valence-electron chi connectivity index (χ2n) is 5.58. The van der Waals surface area contributed by atoms with Crippen LogP contribution < -0.4 is 10.6 Å². The van der Waals surface area contributed by atoms with Gasteiger partial charge in [-0.3, -0.25) is 4.99 Å². The number of guanidine groups is 1. The fourth-order valence-electron chi connectivity index (χ4n) is 2.34. The highest BCUT2D eigenvalue weighted by Gasteiger charge is 2.06. The van der Waals surface area contributed by atoms with Crippen LogP contribution in [0.4, 0.5) is 0 Å². The van der Waals surface area contributed by atoms with Crippen molar-refractivity contribution in [2.75, 3.05) is 20.1 Å². The summed E-state index contributed by atoms with van der Waals surface area (Å²) in [6.07, 6.45) is 1.00. The molecule has 0 aliphatic carbocycles. The summed E-state index contributed by atoms with van der Waals surface area (Å²) >= 11 is 1.75. The molecule has 0 spiro atoms. The minimum Gasteiger partial charge on any atom is -0.356 e. The van der Waals surface area contributed by atoms with Gasteiger partial charge in [0.1, 0.15) is 0 Å². The second kappa shape index (κ2) is 10.6. The van der Waals surface area contributed by atoms with Gasteiger partial charge in [0.05, 0.1) is 0 Å². The molecule has 2 rings (SSSR count). The first-order valence-electron chi connectivity index (χ1n) is 7.71. The van der Waals surface area contributed by atoms with Crippen LogP contribution in [0.3, 0.4) is 0 Å². The van der Waals surface area contributed by atoms with E-state index >= 15 is 0 Å². The lowest BCUT2D eigenvalue weighted by molar-refractivity contribution is 0.700. The zero-order chi connectivity index (χ0) is 15.8. The van der Waals surface area contributed by atoms with Crippen LogP contribution in [-0.4, -0.2) is 26.1 Å². The summed E-state index contributed by atoms with van der Waals surface area (Å²) in [5.41, 5.74) is 4.05. The van der Waals surface area contributed by atoms with Gasteiger partial charge in [-0.05, 0) is 47.2 Å². The molecule has 0 amide bonds. The largest absolute Gasteiger partial charge is 0.356 e. The van der Waals surface area contributed by atoms with Gasteiger partial charge < -0.3 is 10.6 Å². The van der Waals surface area contributed by atoms with Crippen molar-refractivity contribution in [3.05, 3.63) is 57.8 Å². The Labute approximate surface area is 160 Å². The van der Waals surface area contributed by atoms with E-state index in [0.29, 0.717) is 5.92 Å². The average Bonchev–Trinajstić information content (AvgIpc) is 3.05. The molecular weight excluding hydrogens is 417 g/mol. The maximum atomic E-state index is 4.29. The van der Waals surface area contributed by atoms with E-state index in [1.807, 2.05) is 7.05 Å². The predicted molar refractivity (Wildman–Crippen MR) is 112 cm³/mol. The van der Waals surface area contributed by atoms with Crippen LogP contribution in [0.15, 0.2) is 46.1 Å². The lowest BCUT2D eigenvalue weighted by Crippen LogP contribution is -2.39. The average molecular weight is 443 g/mol. The summed E-state index contributed by atoms with van der Waals surface area (Å²) in [5.74, 6) is 1.36. The number of aryl methyl sites for hydroxylation is 1. The molecule has 0 bridgehead atoms. The minimum absolute atomic E-state index is 0. The molecule has 23 heavy (non-hydrogen) atoms. The van der Waals surface area contributed by atoms with Crippen molar-refractivity contribution in [1.82, 2.24) is 10.6 Å². The first-order valence-corrected chi connectivity index (χ1v) is 8.65. The van der Waals surface area contributed by atoms with Gasteiger partial charge in [-0.25, -0.2) is 0 Å². The van der Waals surface area contributed by atoms with E-state index in [0.717, 1.165) is 25.5 Å². The highest BCUT2D eigenvalue weighted by Crippen LogP contribution is 2.16. The van der Waals surface area contributed by atoms with Gasteiger partial charge in [0, 0.05) is 20.1 Å². The molecule has 1 atom stereocenters. The Kier molecular flexibility index (Phi) is 9.24. The Morgan fingerprint density at radius 1 is 1.26 bits per heavy atom. The third-order valence-electron chi connectivity index (χ3n) is 3.70. The fraction of sp³-hybridized carbons (Fsp3) is 0.389. The van der Waals surface area contributed by atoms with Crippen LogP contribution in [0, 0.1) is 6.92 Å². The molecule has 126 valence electrons. The van der Waals surface area contributed by atoms with Crippen molar-refractivity contribution in [1.29, 1.82) is 0 Å². The maximum Gasteiger partial charge on any atom is 0.191 e. The van der Waals surface area contributed by atoms with Gasteiger partial charge in [-0.1, -0.05) is 36.8 Å². The van der Waals surface area contributed by atoms with E-state index in [1.54, 1.807) is 11.3 Å². The molecule has 2 aromatic rings. The zero-order valence-electron chi connectivity index (χ0n) is 14.0. The van der Waals surface area contributed by atoms with Crippen LogP contribution in [0.5, 0.6) is 0 Å². The van der Waals surface area contributed by atoms with E-state index in [-0.39, 0.29) is 24.0 Å². The Morgan fingerprint density at radius 3 is 2.74 bits per heavy atom. The molecule has 3 nitrogen and oxygen atoms in total. The van der Waals surface area contributed by atoms with Crippen molar-refractivity contribution < 1.29 is 0 Å². The highest BCUT2D eigenvalue weighted by molar-refractivity contribution is 14.0.